The van der Waals surface area contributed by atoms with E-state index in [1.807, 2.05) is 6.07 Å². The molecule has 1 aliphatic carbocycles. The summed E-state index contributed by atoms with van der Waals surface area (Å²) in [7, 11) is 0. The molecule has 3 N–H and O–H groups in total. The summed E-state index contributed by atoms with van der Waals surface area (Å²) in [6, 6.07) is 7.54. The molecule has 2 aliphatic rings. The van der Waals surface area contributed by atoms with Crippen LogP contribution in [0, 0.1) is 6.92 Å². The fourth-order valence-electron chi connectivity index (χ4n) is 4.91. The van der Waals surface area contributed by atoms with E-state index >= 15 is 0 Å². The van der Waals surface area contributed by atoms with Crippen molar-refractivity contribution in [2.24, 2.45) is 0 Å². The molecule has 0 radical (unpaired) electrons. The molecule has 1 unspecified atom stereocenters. The van der Waals surface area contributed by atoms with Gasteiger partial charge in [-0.3, -0.25) is 5.32 Å². The minimum Gasteiger partial charge on any atom is -0.384 e. The van der Waals surface area contributed by atoms with Crippen LogP contribution in [-0.2, 0) is 10.3 Å². The fraction of sp³-hybridized carbons (Fsp3) is 0.364. The first kappa shape index (κ1) is 18.0. The van der Waals surface area contributed by atoms with Gasteiger partial charge in [0.25, 0.3) is 0 Å². The van der Waals surface area contributed by atoms with E-state index in [4.69, 9.17) is 10.3 Å². The van der Waals surface area contributed by atoms with Crippen LogP contribution in [0.4, 0.5) is 5.82 Å². The van der Waals surface area contributed by atoms with Crippen LogP contribution < -0.4 is 11.1 Å². The van der Waals surface area contributed by atoms with Crippen molar-refractivity contribution in [3.05, 3.63) is 47.3 Å². The molecule has 1 aromatic carbocycles. The number of nitrogens with one attached hydrogen (secondary N) is 1. The van der Waals surface area contributed by atoms with E-state index in [9.17, 15) is 4.79 Å². The van der Waals surface area contributed by atoms with Gasteiger partial charge >= 0.3 is 0 Å². The number of nitrogens with two attached hydrogens (primary N) is 1. The first-order valence-corrected chi connectivity index (χ1v) is 10.0. The number of fused-ring (bicyclic) bond motifs is 2. The van der Waals surface area contributed by atoms with E-state index in [1.165, 1.54) is 31.2 Å². The Bertz CT molecular complexity index is 1080. The molecule has 0 bridgehead atoms. The highest BCUT2D eigenvalue weighted by Crippen LogP contribution is 2.48. The summed E-state index contributed by atoms with van der Waals surface area (Å²) >= 11 is 0. The molecule has 1 atom stereocenters. The number of hydrogen-bond acceptors (Lipinski definition) is 7. The lowest BCUT2D eigenvalue weighted by Gasteiger charge is -2.35. The molecule has 7 heteroatoms. The van der Waals surface area contributed by atoms with E-state index in [1.54, 1.807) is 6.07 Å². The summed E-state index contributed by atoms with van der Waals surface area (Å²) in [5, 5.41) is 7.80. The first-order chi connectivity index (χ1) is 14.1. The van der Waals surface area contributed by atoms with E-state index in [0.717, 1.165) is 35.8 Å². The van der Waals surface area contributed by atoms with Gasteiger partial charge in [-0.2, -0.15) is 0 Å². The van der Waals surface area contributed by atoms with Crippen LogP contribution in [0.1, 0.15) is 54.8 Å². The van der Waals surface area contributed by atoms with Crippen molar-refractivity contribution in [3.63, 3.8) is 0 Å². The Morgan fingerprint density at radius 3 is 2.72 bits per heavy atom. The molecule has 0 amide bonds. The Balaban J connectivity index is 1.59. The molecule has 0 saturated heterocycles. The van der Waals surface area contributed by atoms with Crippen molar-refractivity contribution in [2.45, 2.75) is 50.6 Å². The second-order valence-corrected chi connectivity index (χ2v) is 8.06. The summed E-state index contributed by atoms with van der Waals surface area (Å²) in [5.41, 5.74) is 11.3. The van der Waals surface area contributed by atoms with Gasteiger partial charge in [-0.1, -0.05) is 24.4 Å². The average molecular weight is 389 g/mol. The maximum absolute atomic E-state index is 11.8. The summed E-state index contributed by atoms with van der Waals surface area (Å²) in [5.74, 6) is 1.06. The Morgan fingerprint density at radius 2 is 1.97 bits per heavy atom. The zero-order chi connectivity index (χ0) is 20.0. The fourth-order valence-corrected chi connectivity index (χ4v) is 4.91. The highest BCUT2D eigenvalue weighted by molar-refractivity contribution is 5.73. The molecule has 1 aliphatic heterocycles. The van der Waals surface area contributed by atoms with Gasteiger partial charge < -0.3 is 15.1 Å². The second-order valence-electron chi connectivity index (χ2n) is 8.06. The number of nitrogens with zero attached hydrogens (tertiary/aromatic N) is 3. The third kappa shape index (κ3) is 2.93. The number of hydrogen-bond donors (Lipinski definition) is 2. The van der Waals surface area contributed by atoms with Gasteiger partial charge in [0.15, 0.2) is 5.76 Å². The zero-order valence-electron chi connectivity index (χ0n) is 16.3. The van der Waals surface area contributed by atoms with Crippen LogP contribution in [0.5, 0.6) is 0 Å². The third-order valence-corrected chi connectivity index (χ3v) is 6.23. The smallest absolute Gasteiger partial charge is 0.167 e. The standard InChI is InChI=1S/C22H23N5O2/c1-13-7-14(19-9-17(27-29-19)16-10-20(23)25-12-24-16)8-15-21(13)18(11-28)26-22(15)5-3-2-4-6-22/h7-12,18,26H,2-6H2,1H3,(H2,23,24,25). The van der Waals surface area contributed by atoms with Gasteiger partial charge in [0, 0.05) is 23.2 Å². The molecule has 1 fully saturated rings. The number of anilines is 1. The minimum atomic E-state index is -0.244. The number of carbonyl (C=O) groups is 1. The summed E-state index contributed by atoms with van der Waals surface area (Å²) in [6.07, 6.45) is 8.13. The van der Waals surface area contributed by atoms with Crippen molar-refractivity contribution in [2.75, 3.05) is 5.73 Å². The lowest BCUT2D eigenvalue weighted by molar-refractivity contribution is -0.110. The first-order valence-electron chi connectivity index (χ1n) is 10.0. The largest absolute Gasteiger partial charge is 0.384 e. The topological polar surface area (TPSA) is 107 Å². The maximum atomic E-state index is 11.8. The number of aromatic nitrogens is 3. The van der Waals surface area contributed by atoms with Crippen molar-refractivity contribution < 1.29 is 9.32 Å². The van der Waals surface area contributed by atoms with E-state index in [2.05, 4.69) is 39.5 Å². The highest BCUT2D eigenvalue weighted by atomic mass is 16.5. The molecule has 29 heavy (non-hydrogen) atoms. The number of rotatable bonds is 3. The number of nitrogen functional groups attached to an aromatic ring is 1. The molecule has 7 nitrogen and oxygen atoms in total. The van der Waals surface area contributed by atoms with Gasteiger partial charge in [0.2, 0.25) is 0 Å². The summed E-state index contributed by atoms with van der Waals surface area (Å²) in [4.78, 5) is 19.9. The van der Waals surface area contributed by atoms with Crippen LogP contribution in [0.2, 0.25) is 0 Å². The SMILES string of the molecule is Cc1cc(-c2cc(-c3cc(N)ncn3)no2)cc2c1C(C=O)NC21CCCCC1. The normalized spacial score (nSPS) is 20.0. The average Bonchev–Trinajstić information content (AvgIpc) is 3.33. The van der Waals surface area contributed by atoms with Crippen LogP contribution in [0.3, 0.4) is 0 Å². The summed E-state index contributed by atoms with van der Waals surface area (Å²) < 4.78 is 5.65. The summed E-state index contributed by atoms with van der Waals surface area (Å²) in [6.45, 7) is 2.06. The number of carbonyl (C=O) groups excluding carboxylic acids is 1. The predicted octanol–water partition coefficient (Wildman–Crippen LogP) is 3.69. The van der Waals surface area contributed by atoms with Crippen molar-refractivity contribution in [1.29, 1.82) is 0 Å². The van der Waals surface area contributed by atoms with E-state index < -0.39 is 0 Å². The number of benzene rings is 1. The third-order valence-electron chi connectivity index (χ3n) is 6.23. The quantitative estimate of drug-likeness (QED) is 0.658. The molecule has 1 saturated carbocycles. The lowest BCUT2D eigenvalue weighted by Crippen LogP contribution is -2.40. The Hall–Kier alpha value is -3.06. The Morgan fingerprint density at radius 1 is 1.14 bits per heavy atom. The van der Waals surface area contributed by atoms with Crippen molar-refractivity contribution in [1.82, 2.24) is 20.4 Å². The molecule has 3 aromatic rings. The van der Waals surface area contributed by atoms with E-state index in [0.29, 0.717) is 23.0 Å². The molecule has 148 valence electrons. The highest BCUT2D eigenvalue weighted by Gasteiger charge is 2.44. The minimum absolute atomic E-state index is 0.121. The Kier molecular flexibility index (Phi) is 4.20. The molecule has 2 aromatic heterocycles. The van der Waals surface area contributed by atoms with Crippen molar-refractivity contribution >= 4 is 12.1 Å². The predicted molar refractivity (Wildman–Crippen MR) is 109 cm³/mol. The van der Waals surface area contributed by atoms with Crippen LogP contribution >= 0.6 is 0 Å². The van der Waals surface area contributed by atoms with Gasteiger partial charge in [-0.25, -0.2) is 9.97 Å². The number of aldehydes is 1. The monoisotopic (exact) mass is 389 g/mol. The molecule has 5 rings (SSSR count). The van der Waals surface area contributed by atoms with Crippen LogP contribution in [0.15, 0.2) is 35.1 Å². The zero-order valence-corrected chi connectivity index (χ0v) is 16.3. The number of aryl methyl sites for hydroxylation is 1. The molecule has 1 spiro atoms. The van der Waals surface area contributed by atoms with E-state index in [-0.39, 0.29) is 11.6 Å². The van der Waals surface area contributed by atoms with Gasteiger partial charge in [0.1, 0.15) is 24.1 Å². The molecule has 3 heterocycles. The Labute approximate surface area is 168 Å². The van der Waals surface area contributed by atoms with Crippen molar-refractivity contribution in [3.8, 4) is 22.7 Å². The van der Waals surface area contributed by atoms with Gasteiger partial charge in [-0.15, -0.1) is 0 Å². The molecular weight excluding hydrogens is 366 g/mol. The lowest BCUT2D eigenvalue weighted by atomic mass is 9.76. The van der Waals surface area contributed by atoms with Crippen LogP contribution in [0.25, 0.3) is 22.7 Å². The maximum Gasteiger partial charge on any atom is 0.167 e. The molecular formula is C22H23N5O2. The van der Waals surface area contributed by atoms with Gasteiger partial charge in [-0.05, 0) is 48.6 Å². The van der Waals surface area contributed by atoms with Gasteiger partial charge in [0.05, 0.1) is 11.7 Å². The van der Waals surface area contributed by atoms with Crippen LogP contribution in [-0.4, -0.2) is 21.4 Å². The second kappa shape index (κ2) is 6.77.